The van der Waals surface area contributed by atoms with Gasteiger partial charge in [0, 0.05) is 56.2 Å². The van der Waals surface area contributed by atoms with Crippen LogP contribution in [0, 0.1) is 0 Å². The maximum Gasteiger partial charge on any atom is 0.241 e. The van der Waals surface area contributed by atoms with E-state index in [1.54, 1.807) is 6.20 Å². The molecular formula is C23H26N8. The summed E-state index contributed by atoms with van der Waals surface area (Å²) in [5, 5.41) is 8.20. The Hall–Kier alpha value is -3.10. The van der Waals surface area contributed by atoms with Gasteiger partial charge in [0.1, 0.15) is 0 Å². The molecule has 5 heterocycles. The van der Waals surface area contributed by atoms with E-state index in [0.29, 0.717) is 18.0 Å². The predicted octanol–water partition coefficient (Wildman–Crippen LogP) is 2.53. The minimum Gasteiger partial charge on any atom is -0.350 e. The molecule has 6 rings (SSSR count). The molecule has 0 aromatic carbocycles. The first-order valence-electron chi connectivity index (χ1n) is 11.0. The molecular weight excluding hydrogens is 388 g/mol. The lowest BCUT2D eigenvalue weighted by molar-refractivity contribution is 0.0656. The van der Waals surface area contributed by atoms with E-state index in [-0.39, 0.29) is 0 Å². The quantitative estimate of drug-likeness (QED) is 0.550. The van der Waals surface area contributed by atoms with Gasteiger partial charge in [0.25, 0.3) is 0 Å². The van der Waals surface area contributed by atoms with E-state index in [1.807, 2.05) is 47.2 Å². The van der Waals surface area contributed by atoms with Gasteiger partial charge in [0.15, 0.2) is 0 Å². The van der Waals surface area contributed by atoms with Gasteiger partial charge >= 0.3 is 0 Å². The number of rotatable bonds is 4. The van der Waals surface area contributed by atoms with Crippen LogP contribution in [0.4, 0.5) is 5.95 Å². The topological polar surface area (TPSA) is 74.5 Å². The van der Waals surface area contributed by atoms with Crippen molar-refractivity contribution in [2.24, 2.45) is 0 Å². The Morgan fingerprint density at radius 3 is 2.71 bits per heavy atom. The zero-order valence-electron chi connectivity index (χ0n) is 17.6. The molecule has 0 atom stereocenters. The third-order valence-electron chi connectivity index (χ3n) is 6.65. The van der Waals surface area contributed by atoms with E-state index in [4.69, 9.17) is 4.98 Å². The van der Waals surface area contributed by atoms with Crippen LogP contribution < -0.4 is 5.32 Å². The number of aromatic nitrogens is 5. The highest BCUT2D eigenvalue weighted by Gasteiger charge is 2.35. The molecule has 4 aromatic heterocycles. The SMILES string of the molecule is CN1CCN(C2CC(Nc3ncc4c(-c5ccc6ncccc6n5)ccn4n3)C2)CC1. The molecule has 0 spiro atoms. The van der Waals surface area contributed by atoms with Gasteiger partial charge in [-0.05, 0) is 50.2 Å². The van der Waals surface area contributed by atoms with E-state index in [1.165, 1.54) is 26.2 Å². The number of nitrogens with one attached hydrogen (secondary N) is 1. The van der Waals surface area contributed by atoms with E-state index in [0.717, 1.165) is 40.6 Å². The number of fused-ring (bicyclic) bond motifs is 2. The minimum atomic E-state index is 0.451. The number of nitrogens with zero attached hydrogens (tertiary/aromatic N) is 7. The highest BCUT2D eigenvalue weighted by molar-refractivity contribution is 5.83. The zero-order valence-corrected chi connectivity index (χ0v) is 17.6. The van der Waals surface area contributed by atoms with E-state index in [2.05, 4.69) is 37.2 Å². The highest BCUT2D eigenvalue weighted by atomic mass is 15.3. The molecule has 2 aliphatic rings. The Kier molecular flexibility index (Phi) is 4.54. The van der Waals surface area contributed by atoms with Crippen molar-refractivity contribution in [3.8, 4) is 11.3 Å². The smallest absolute Gasteiger partial charge is 0.241 e. The molecule has 2 fully saturated rings. The summed E-state index contributed by atoms with van der Waals surface area (Å²) in [5.41, 5.74) is 4.66. The summed E-state index contributed by atoms with van der Waals surface area (Å²) in [4.78, 5) is 18.7. The number of hydrogen-bond acceptors (Lipinski definition) is 7. The highest BCUT2D eigenvalue weighted by Crippen LogP contribution is 2.29. The second kappa shape index (κ2) is 7.55. The third-order valence-corrected chi connectivity index (χ3v) is 6.65. The summed E-state index contributed by atoms with van der Waals surface area (Å²) < 4.78 is 1.89. The Bertz CT molecular complexity index is 1220. The van der Waals surface area contributed by atoms with Crippen LogP contribution in [-0.4, -0.2) is 79.7 Å². The lowest BCUT2D eigenvalue weighted by atomic mass is 9.85. The lowest BCUT2D eigenvalue weighted by Gasteiger charge is -2.46. The monoisotopic (exact) mass is 414 g/mol. The van der Waals surface area contributed by atoms with Crippen LogP contribution in [0.3, 0.4) is 0 Å². The molecule has 1 saturated carbocycles. The molecule has 0 unspecified atom stereocenters. The zero-order chi connectivity index (χ0) is 20.8. The average Bonchev–Trinajstić information content (AvgIpc) is 3.20. The second-order valence-electron chi connectivity index (χ2n) is 8.68. The standard InChI is InChI=1S/C23H26N8/c1-29-9-11-30(12-10-29)17-13-16(14-17)26-23-25-15-22-18(6-8-31(22)28-23)19-4-5-20-21(27-19)3-2-7-24-20/h2-8,15-17H,9-14H2,1H3,(H,26,28). The van der Waals surface area contributed by atoms with Crippen molar-refractivity contribution in [2.75, 3.05) is 38.5 Å². The summed E-state index contributed by atoms with van der Waals surface area (Å²) in [7, 11) is 2.20. The van der Waals surface area contributed by atoms with Crippen molar-refractivity contribution in [1.82, 2.24) is 34.4 Å². The van der Waals surface area contributed by atoms with Crippen molar-refractivity contribution >= 4 is 22.5 Å². The number of hydrogen-bond donors (Lipinski definition) is 1. The molecule has 0 bridgehead atoms. The first-order chi connectivity index (χ1) is 15.2. The fourth-order valence-electron chi connectivity index (χ4n) is 4.66. The summed E-state index contributed by atoms with van der Waals surface area (Å²) in [6.07, 6.45) is 7.97. The van der Waals surface area contributed by atoms with E-state index >= 15 is 0 Å². The van der Waals surface area contributed by atoms with Gasteiger partial charge in [0.05, 0.1) is 28.4 Å². The predicted molar refractivity (Wildman–Crippen MR) is 121 cm³/mol. The fourth-order valence-corrected chi connectivity index (χ4v) is 4.66. The van der Waals surface area contributed by atoms with Crippen molar-refractivity contribution in [3.05, 3.63) is 48.9 Å². The maximum absolute atomic E-state index is 4.76. The Morgan fingerprint density at radius 1 is 0.968 bits per heavy atom. The number of likely N-dealkylation sites (N-methyl/N-ethyl adjacent to an activating group) is 1. The average molecular weight is 415 g/mol. The van der Waals surface area contributed by atoms with Crippen molar-refractivity contribution in [3.63, 3.8) is 0 Å². The maximum atomic E-state index is 4.76. The van der Waals surface area contributed by atoms with Gasteiger partial charge in [-0.2, -0.15) is 0 Å². The van der Waals surface area contributed by atoms with Crippen LogP contribution in [0.15, 0.2) is 48.9 Å². The molecule has 8 heteroatoms. The molecule has 0 amide bonds. The van der Waals surface area contributed by atoms with E-state index < -0.39 is 0 Å². The molecule has 158 valence electrons. The van der Waals surface area contributed by atoms with Gasteiger partial charge < -0.3 is 10.2 Å². The Balaban J connectivity index is 1.16. The second-order valence-corrected chi connectivity index (χ2v) is 8.68. The fraction of sp³-hybridized carbons (Fsp3) is 0.391. The van der Waals surface area contributed by atoms with Crippen molar-refractivity contribution < 1.29 is 0 Å². The normalized spacial score (nSPS) is 22.6. The van der Waals surface area contributed by atoms with Crippen LogP contribution in [0.2, 0.25) is 0 Å². The molecule has 31 heavy (non-hydrogen) atoms. The molecule has 0 radical (unpaired) electrons. The summed E-state index contributed by atoms with van der Waals surface area (Å²) in [5.74, 6) is 0.687. The molecule has 1 aliphatic heterocycles. The van der Waals surface area contributed by atoms with Crippen molar-refractivity contribution in [1.29, 1.82) is 0 Å². The van der Waals surface area contributed by atoms with Gasteiger partial charge in [-0.1, -0.05) is 0 Å². The first kappa shape index (κ1) is 18.7. The molecule has 1 N–H and O–H groups in total. The van der Waals surface area contributed by atoms with Crippen LogP contribution in [0.25, 0.3) is 27.8 Å². The van der Waals surface area contributed by atoms with Crippen molar-refractivity contribution in [2.45, 2.75) is 24.9 Å². The lowest BCUT2D eigenvalue weighted by Crippen LogP contribution is -2.55. The van der Waals surface area contributed by atoms with Gasteiger partial charge in [0.2, 0.25) is 5.95 Å². The largest absolute Gasteiger partial charge is 0.350 e. The Morgan fingerprint density at radius 2 is 1.84 bits per heavy atom. The van der Waals surface area contributed by atoms with Crippen LogP contribution in [0.1, 0.15) is 12.8 Å². The number of piperazine rings is 1. The summed E-state index contributed by atoms with van der Waals surface area (Å²) >= 11 is 0. The first-order valence-corrected chi connectivity index (χ1v) is 11.0. The van der Waals surface area contributed by atoms with Crippen LogP contribution in [-0.2, 0) is 0 Å². The summed E-state index contributed by atoms with van der Waals surface area (Å²) in [6.45, 7) is 4.71. The van der Waals surface area contributed by atoms with Crippen LogP contribution in [0.5, 0.6) is 0 Å². The van der Waals surface area contributed by atoms with Crippen LogP contribution >= 0.6 is 0 Å². The van der Waals surface area contributed by atoms with Gasteiger partial charge in [-0.3, -0.25) is 9.88 Å². The molecule has 1 saturated heterocycles. The van der Waals surface area contributed by atoms with E-state index in [9.17, 15) is 0 Å². The summed E-state index contributed by atoms with van der Waals surface area (Å²) in [6, 6.07) is 11.1. The minimum absolute atomic E-state index is 0.451. The Labute approximate surface area is 180 Å². The molecule has 8 nitrogen and oxygen atoms in total. The third kappa shape index (κ3) is 3.51. The molecule has 1 aliphatic carbocycles. The van der Waals surface area contributed by atoms with Gasteiger partial charge in [-0.25, -0.2) is 14.5 Å². The number of pyridine rings is 2. The molecule has 4 aromatic rings. The van der Waals surface area contributed by atoms with Gasteiger partial charge in [-0.15, -0.1) is 5.10 Å². The number of anilines is 1.